The Morgan fingerprint density at radius 2 is 1.79 bits per heavy atom. The van der Waals surface area contributed by atoms with Gasteiger partial charge in [0.2, 0.25) is 10.0 Å². The lowest BCUT2D eigenvalue weighted by Gasteiger charge is -2.27. The van der Waals surface area contributed by atoms with Crippen LogP contribution in [0.25, 0.3) is 0 Å². The second-order valence-corrected chi connectivity index (χ2v) is 6.96. The molecule has 0 aliphatic heterocycles. The minimum Gasteiger partial charge on any atom is -0.495 e. The summed E-state index contributed by atoms with van der Waals surface area (Å²) >= 11 is 0. The quantitative estimate of drug-likeness (QED) is 0.704. The highest BCUT2D eigenvalue weighted by Gasteiger charge is 2.23. The number of carboxylic acid groups (broad SMARTS) is 1. The predicted molar refractivity (Wildman–Crippen MR) is 97.2 cm³/mol. The number of aromatic carboxylic acids is 1. The van der Waals surface area contributed by atoms with E-state index in [1.165, 1.54) is 29.6 Å². The summed E-state index contributed by atoms with van der Waals surface area (Å²) in [5, 5.41) is 9.13. The summed E-state index contributed by atoms with van der Waals surface area (Å²) in [6, 6.07) is 4.17. The van der Waals surface area contributed by atoms with Crippen molar-refractivity contribution in [2.24, 2.45) is 0 Å². The van der Waals surface area contributed by atoms with Crippen LogP contribution in [0.2, 0.25) is 0 Å². The Labute approximate surface area is 149 Å². The average molecular weight is 381 g/mol. The maximum Gasteiger partial charge on any atom is 0.335 e. The van der Waals surface area contributed by atoms with E-state index >= 15 is 0 Å². The fraction of sp³-hybridized carbons (Fsp3) is 0.533. The smallest absolute Gasteiger partial charge is 0.335 e. The third-order valence-electron chi connectivity index (χ3n) is 3.61. The number of ether oxygens (including phenoxy) is 1. The Morgan fingerprint density at radius 3 is 2.21 bits per heavy atom. The normalized spacial score (nSPS) is 11.0. The molecule has 0 aliphatic carbocycles. The van der Waals surface area contributed by atoms with E-state index in [9.17, 15) is 13.2 Å². The van der Waals surface area contributed by atoms with E-state index in [1.807, 2.05) is 13.8 Å². The molecule has 24 heavy (non-hydrogen) atoms. The Morgan fingerprint density at radius 1 is 1.21 bits per heavy atom. The predicted octanol–water partition coefficient (Wildman–Crippen LogP) is 1.92. The molecule has 7 nitrogen and oxygen atoms in total. The number of carbonyl (C=O) groups is 1. The number of likely N-dealkylation sites (N-methyl/N-ethyl adjacent to an activating group) is 1. The summed E-state index contributed by atoms with van der Waals surface area (Å²) < 4.78 is 30.7. The Hall–Kier alpha value is -1.51. The Balaban J connectivity index is 0.00000529. The van der Waals surface area contributed by atoms with Crippen molar-refractivity contribution >= 4 is 34.1 Å². The van der Waals surface area contributed by atoms with Gasteiger partial charge in [0.15, 0.2) is 0 Å². The van der Waals surface area contributed by atoms with Crippen molar-refractivity contribution in [1.82, 2.24) is 4.90 Å². The Kier molecular flexibility index (Phi) is 9.09. The number of anilines is 1. The van der Waals surface area contributed by atoms with Gasteiger partial charge in [-0.2, -0.15) is 0 Å². The molecule has 0 saturated heterocycles. The lowest BCUT2D eigenvalue weighted by atomic mass is 10.2. The van der Waals surface area contributed by atoms with Crippen molar-refractivity contribution < 1.29 is 23.1 Å². The number of halogens is 1. The first kappa shape index (κ1) is 22.5. The van der Waals surface area contributed by atoms with Crippen LogP contribution in [0.5, 0.6) is 5.75 Å². The molecule has 9 heteroatoms. The van der Waals surface area contributed by atoms with Crippen molar-refractivity contribution in [1.29, 1.82) is 0 Å². The molecule has 0 atom stereocenters. The van der Waals surface area contributed by atoms with E-state index in [-0.39, 0.29) is 30.2 Å². The molecule has 0 aliphatic rings. The molecular weight excluding hydrogens is 356 g/mol. The van der Waals surface area contributed by atoms with Crippen molar-refractivity contribution in [2.45, 2.75) is 13.8 Å². The lowest BCUT2D eigenvalue weighted by molar-refractivity contribution is 0.0697. The molecule has 1 N–H and O–H groups in total. The van der Waals surface area contributed by atoms with Crippen molar-refractivity contribution in [3.63, 3.8) is 0 Å². The number of carboxylic acids is 1. The molecule has 1 aromatic carbocycles. The van der Waals surface area contributed by atoms with Crippen LogP contribution in [-0.4, -0.2) is 63.9 Å². The fourth-order valence-electron chi connectivity index (χ4n) is 2.25. The van der Waals surface area contributed by atoms with E-state index in [2.05, 4.69) is 4.90 Å². The number of rotatable bonds is 9. The van der Waals surface area contributed by atoms with Gasteiger partial charge in [-0.15, -0.1) is 12.4 Å². The van der Waals surface area contributed by atoms with Gasteiger partial charge in [0.25, 0.3) is 0 Å². The molecule has 0 saturated carbocycles. The van der Waals surface area contributed by atoms with E-state index in [0.717, 1.165) is 19.3 Å². The largest absolute Gasteiger partial charge is 0.495 e. The average Bonchev–Trinajstić information content (AvgIpc) is 2.49. The standard InChI is InChI=1S/C15H24N2O5S.ClH/c1-5-16(6-2)9-10-17(23(4,20)21)13-11-12(15(18)19)7-8-14(13)22-3;/h7-8,11H,5-6,9-10H2,1-4H3,(H,18,19);1H. The zero-order valence-electron chi connectivity index (χ0n) is 14.4. The van der Waals surface area contributed by atoms with Crippen LogP contribution in [0.3, 0.4) is 0 Å². The summed E-state index contributed by atoms with van der Waals surface area (Å²) in [6.45, 7) is 6.38. The molecule has 1 rings (SSSR count). The maximum absolute atomic E-state index is 12.2. The molecule has 0 amide bonds. The first-order valence-corrected chi connectivity index (χ1v) is 9.20. The van der Waals surface area contributed by atoms with Gasteiger partial charge in [-0.25, -0.2) is 13.2 Å². The number of nitrogens with zero attached hydrogens (tertiary/aromatic N) is 2. The highest BCUT2D eigenvalue weighted by Crippen LogP contribution is 2.31. The number of hydrogen-bond acceptors (Lipinski definition) is 5. The van der Waals surface area contributed by atoms with Crippen LogP contribution < -0.4 is 9.04 Å². The molecule has 0 aromatic heterocycles. The van der Waals surface area contributed by atoms with Gasteiger partial charge >= 0.3 is 5.97 Å². The van der Waals surface area contributed by atoms with E-state index < -0.39 is 16.0 Å². The summed E-state index contributed by atoms with van der Waals surface area (Å²) in [7, 11) is -2.15. The molecule has 0 fully saturated rings. The molecule has 0 spiro atoms. The van der Waals surface area contributed by atoms with Crippen molar-refractivity contribution in [2.75, 3.05) is 43.8 Å². The third-order valence-corrected chi connectivity index (χ3v) is 4.79. The maximum atomic E-state index is 12.2. The van der Waals surface area contributed by atoms with Gasteiger partial charge < -0.3 is 14.7 Å². The van der Waals surface area contributed by atoms with Crippen LogP contribution in [0.4, 0.5) is 5.69 Å². The first-order valence-electron chi connectivity index (χ1n) is 7.36. The monoisotopic (exact) mass is 380 g/mol. The minimum absolute atomic E-state index is 0. The van der Waals surface area contributed by atoms with Crippen molar-refractivity contribution in [3.05, 3.63) is 23.8 Å². The lowest BCUT2D eigenvalue weighted by Crippen LogP contribution is -2.38. The van der Waals surface area contributed by atoms with E-state index in [4.69, 9.17) is 9.84 Å². The van der Waals surface area contributed by atoms with Gasteiger partial charge in [-0.1, -0.05) is 13.8 Å². The van der Waals surface area contributed by atoms with Gasteiger partial charge in [-0.3, -0.25) is 4.31 Å². The summed E-state index contributed by atoms with van der Waals surface area (Å²) in [5.41, 5.74) is 0.249. The highest BCUT2D eigenvalue weighted by atomic mass is 35.5. The van der Waals surface area contributed by atoms with Crippen molar-refractivity contribution in [3.8, 4) is 5.75 Å². The van der Waals surface area contributed by atoms with Crippen LogP contribution in [0.15, 0.2) is 18.2 Å². The highest BCUT2D eigenvalue weighted by molar-refractivity contribution is 7.92. The molecule has 138 valence electrons. The van der Waals surface area contributed by atoms with Crippen LogP contribution in [0.1, 0.15) is 24.2 Å². The molecule has 0 radical (unpaired) electrons. The summed E-state index contributed by atoms with van der Waals surface area (Å²) in [5.74, 6) is -0.800. The van der Waals surface area contributed by atoms with Gasteiger partial charge in [0.05, 0.1) is 24.6 Å². The number of hydrogen-bond donors (Lipinski definition) is 1. The minimum atomic E-state index is -3.57. The third kappa shape index (κ3) is 5.85. The second kappa shape index (κ2) is 9.71. The second-order valence-electron chi connectivity index (χ2n) is 5.05. The van der Waals surface area contributed by atoms with E-state index in [0.29, 0.717) is 12.3 Å². The van der Waals surface area contributed by atoms with Gasteiger partial charge in [0.1, 0.15) is 5.75 Å². The first-order chi connectivity index (χ1) is 10.7. The van der Waals surface area contributed by atoms with Crippen LogP contribution in [-0.2, 0) is 10.0 Å². The number of sulfonamides is 1. The molecule has 0 unspecified atom stereocenters. The van der Waals surface area contributed by atoms with Crippen LogP contribution >= 0.6 is 12.4 Å². The molecule has 0 heterocycles. The van der Waals surface area contributed by atoms with Gasteiger partial charge in [-0.05, 0) is 31.3 Å². The molecule has 0 bridgehead atoms. The zero-order valence-corrected chi connectivity index (χ0v) is 16.0. The van der Waals surface area contributed by atoms with Gasteiger partial charge in [0, 0.05) is 13.1 Å². The Bertz CT molecular complexity index is 647. The zero-order chi connectivity index (χ0) is 17.6. The molecular formula is C15H25ClN2O5S. The number of benzene rings is 1. The topological polar surface area (TPSA) is 87.2 Å². The number of methoxy groups -OCH3 is 1. The summed E-state index contributed by atoms with van der Waals surface area (Å²) in [6.07, 6.45) is 1.10. The van der Waals surface area contributed by atoms with Crippen LogP contribution in [0, 0.1) is 0 Å². The van der Waals surface area contributed by atoms with E-state index in [1.54, 1.807) is 0 Å². The summed E-state index contributed by atoms with van der Waals surface area (Å²) in [4.78, 5) is 13.3. The SMILES string of the molecule is CCN(CC)CCN(c1cc(C(=O)O)ccc1OC)S(C)(=O)=O.Cl. The fourth-order valence-corrected chi connectivity index (χ4v) is 3.17. The molecule has 1 aromatic rings.